The maximum absolute atomic E-state index is 12.4. The molecule has 1 heterocycles. The van der Waals surface area contributed by atoms with Crippen LogP contribution in [-0.2, 0) is 4.79 Å². The van der Waals surface area contributed by atoms with Gasteiger partial charge >= 0.3 is 0 Å². The fourth-order valence-corrected chi connectivity index (χ4v) is 3.23. The summed E-state index contributed by atoms with van der Waals surface area (Å²) in [5.74, 6) is 1.12. The number of amides is 1. The topological polar surface area (TPSA) is 51.0 Å². The number of thioether (sulfide) groups is 1. The first-order valence-electron chi connectivity index (χ1n) is 7.68. The highest BCUT2D eigenvalue weighted by Gasteiger charge is 2.16. The number of aromatic nitrogens is 3. The molecule has 0 fully saturated rings. The molecule has 0 radical (unpaired) electrons. The molecule has 1 amide bonds. The smallest absolute Gasteiger partial charge is 0.233 e. The van der Waals surface area contributed by atoms with Crippen LogP contribution in [0.2, 0.25) is 0 Å². The van der Waals surface area contributed by atoms with Gasteiger partial charge in [0, 0.05) is 13.1 Å². The molecule has 0 N–H and O–H groups in total. The molecule has 6 heteroatoms. The number of nitrogens with zero attached hydrogens (tertiary/aromatic N) is 4. The van der Waals surface area contributed by atoms with Gasteiger partial charge in [0.2, 0.25) is 5.91 Å². The van der Waals surface area contributed by atoms with Crippen LogP contribution in [0.25, 0.3) is 5.69 Å². The van der Waals surface area contributed by atoms with E-state index in [0.29, 0.717) is 24.0 Å². The van der Waals surface area contributed by atoms with Crippen molar-refractivity contribution in [1.82, 2.24) is 19.7 Å². The number of rotatable bonds is 8. The molecule has 0 spiro atoms. The Hall–Kier alpha value is -2.34. The Kier molecular flexibility index (Phi) is 6.37. The summed E-state index contributed by atoms with van der Waals surface area (Å²) in [5, 5.41) is 9.10. The zero-order valence-electron chi connectivity index (χ0n) is 14.1. The van der Waals surface area contributed by atoms with Crippen LogP contribution in [0.1, 0.15) is 11.4 Å². The van der Waals surface area contributed by atoms with Crippen molar-refractivity contribution in [3.63, 3.8) is 0 Å². The zero-order valence-corrected chi connectivity index (χ0v) is 14.9. The van der Waals surface area contributed by atoms with E-state index in [1.165, 1.54) is 11.8 Å². The molecular formula is C18H22N4OS. The van der Waals surface area contributed by atoms with Crippen LogP contribution in [-0.4, -0.2) is 44.4 Å². The highest BCUT2D eigenvalue weighted by atomic mass is 32.2. The van der Waals surface area contributed by atoms with E-state index in [9.17, 15) is 4.79 Å². The number of carbonyl (C=O) groups is 1. The van der Waals surface area contributed by atoms with Gasteiger partial charge in [-0.15, -0.1) is 23.4 Å². The number of benzene rings is 1. The van der Waals surface area contributed by atoms with Crippen molar-refractivity contribution >= 4 is 17.7 Å². The van der Waals surface area contributed by atoms with Gasteiger partial charge in [0.1, 0.15) is 5.82 Å². The van der Waals surface area contributed by atoms with Crippen molar-refractivity contribution in [3.05, 3.63) is 61.0 Å². The number of hydrogen-bond donors (Lipinski definition) is 0. The first kappa shape index (κ1) is 18.0. The molecule has 0 atom stereocenters. The second-order valence-corrected chi connectivity index (χ2v) is 6.26. The zero-order chi connectivity index (χ0) is 17.5. The second-order valence-electron chi connectivity index (χ2n) is 5.32. The standard InChI is InChI=1S/C18H22N4OS/c1-5-11-21(12-6-2)17(23)13-24-18-20-19-15(4)22(18)16-10-8-7-9-14(16)3/h5-10H,1-2,11-13H2,3-4H3. The van der Waals surface area contributed by atoms with Crippen molar-refractivity contribution in [2.24, 2.45) is 0 Å². The molecule has 2 aromatic rings. The van der Waals surface area contributed by atoms with Crippen molar-refractivity contribution in [3.8, 4) is 5.69 Å². The minimum atomic E-state index is 0.0248. The van der Waals surface area contributed by atoms with E-state index >= 15 is 0 Å². The molecule has 0 aliphatic rings. The Balaban J connectivity index is 2.17. The summed E-state index contributed by atoms with van der Waals surface area (Å²) >= 11 is 1.39. The molecule has 1 aromatic heterocycles. The minimum absolute atomic E-state index is 0.0248. The van der Waals surface area contributed by atoms with Gasteiger partial charge in [-0.1, -0.05) is 42.1 Å². The summed E-state index contributed by atoms with van der Waals surface area (Å²) in [5.41, 5.74) is 2.16. The molecule has 126 valence electrons. The van der Waals surface area contributed by atoms with Gasteiger partial charge in [-0.2, -0.15) is 0 Å². The predicted molar refractivity (Wildman–Crippen MR) is 98.5 cm³/mol. The molecule has 0 saturated heterocycles. The number of hydrogen-bond acceptors (Lipinski definition) is 4. The Morgan fingerprint density at radius 1 is 1.21 bits per heavy atom. The van der Waals surface area contributed by atoms with Crippen LogP contribution in [0, 0.1) is 13.8 Å². The van der Waals surface area contributed by atoms with Crippen LogP contribution in [0.5, 0.6) is 0 Å². The minimum Gasteiger partial charge on any atom is -0.335 e. The molecule has 2 rings (SSSR count). The number of carbonyl (C=O) groups excluding carboxylic acids is 1. The van der Waals surface area contributed by atoms with Crippen LogP contribution in [0.4, 0.5) is 0 Å². The molecule has 0 unspecified atom stereocenters. The van der Waals surface area contributed by atoms with Crippen LogP contribution >= 0.6 is 11.8 Å². The fraction of sp³-hybridized carbons (Fsp3) is 0.278. The normalized spacial score (nSPS) is 10.4. The lowest BCUT2D eigenvalue weighted by atomic mass is 10.2. The largest absolute Gasteiger partial charge is 0.335 e. The summed E-state index contributed by atoms with van der Waals surface area (Å²) in [4.78, 5) is 14.1. The van der Waals surface area contributed by atoms with Gasteiger partial charge in [0.05, 0.1) is 11.4 Å². The maximum atomic E-state index is 12.4. The van der Waals surface area contributed by atoms with E-state index in [1.807, 2.05) is 42.7 Å². The van der Waals surface area contributed by atoms with Gasteiger partial charge in [-0.3, -0.25) is 9.36 Å². The fourth-order valence-electron chi connectivity index (χ4n) is 2.34. The van der Waals surface area contributed by atoms with E-state index < -0.39 is 0 Å². The lowest BCUT2D eigenvalue weighted by molar-refractivity contribution is -0.127. The molecule has 0 bridgehead atoms. The van der Waals surface area contributed by atoms with Crippen molar-refractivity contribution in [1.29, 1.82) is 0 Å². The summed E-state index contributed by atoms with van der Waals surface area (Å²) in [7, 11) is 0. The predicted octanol–water partition coefficient (Wildman–Crippen LogP) is 3.18. The number of para-hydroxylation sites is 1. The average Bonchev–Trinajstić information content (AvgIpc) is 2.93. The lowest BCUT2D eigenvalue weighted by Gasteiger charge is -2.19. The third-order valence-electron chi connectivity index (χ3n) is 3.53. The SMILES string of the molecule is C=CCN(CC=C)C(=O)CSc1nnc(C)n1-c1ccccc1C. The Labute approximate surface area is 147 Å². The molecule has 0 saturated carbocycles. The lowest BCUT2D eigenvalue weighted by Crippen LogP contribution is -2.32. The van der Waals surface area contributed by atoms with Crippen molar-refractivity contribution in [2.45, 2.75) is 19.0 Å². The van der Waals surface area contributed by atoms with E-state index in [1.54, 1.807) is 17.1 Å². The van der Waals surface area contributed by atoms with E-state index in [4.69, 9.17) is 0 Å². The first-order chi connectivity index (χ1) is 11.6. The van der Waals surface area contributed by atoms with Crippen LogP contribution in [0.3, 0.4) is 0 Å². The van der Waals surface area contributed by atoms with Gasteiger partial charge < -0.3 is 4.90 Å². The van der Waals surface area contributed by atoms with Crippen molar-refractivity contribution < 1.29 is 4.79 Å². The Morgan fingerprint density at radius 3 is 2.50 bits per heavy atom. The van der Waals surface area contributed by atoms with Gasteiger partial charge in [0.25, 0.3) is 0 Å². The third-order valence-corrected chi connectivity index (χ3v) is 4.44. The Bertz CT molecular complexity index is 728. The molecular weight excluding hydrogens is 320 g/mol. The van der Waals surface area contributed by atoms with Gasteiger partial charge in [0.15, 0.2) is 5.16 Å². The van der Waals surface area contributed by atoms with Crippen LogP contribution < -0.4 is 0 Å². The number of aryl methyl sites for hydroxylation is 2. The highest BCUT2D eigenvalue weighted by molar-refractivity contribution is 7.99. The third kappa shape index (κ3) is 4.14. The summed E-state index contributed by atoms with van der Waals surface area (Å²) < 4.78 is 1.98. The molecule has 24 heavy (non-hydrogen) atoms. The van der Waals surface area contributed by atoms with Crippen molar-refractivity contribution in [2.75, 3.05) is 18.8 Å². The second kappa shape index (κ2) is 8.49. The summed E-state index contributed by atoms with van der Waals surface area (Å²) in [6, 6.07) is 8.05. The first-order valence-corrected chi connectivity index (χ1v) is 8.67. The molecule has 0 aliphatic heterocycles. The van der Waals surface area contributed by atoms with Gasteiger partial charge in [-0.25, -0.2) is 0 Å². The van der Waals surface area contributed by atoms with E-state index in [-0.39, 0.29) is 5.91 Å². The average molecular weight is 342 g/mol. The Morgan fingerprint density at radius 2 is 1.88 bits per heavy atom. The van der Waals surface area contributed by atoms with E-state index in [0.717, 1.165) is 17.1 Å². The molecule has 0 aliphatic carbocycles. The summed E-state index contributed by atoms with van der Waals surface area (Å²) in [6.45, 7) is 12.4. The maximum Gasteiger partial charge on any atom is 0.233 e. The van der Waals surface area contributed by atoms with Crippen LogP contribution in [0.15, 0.2) is 54.7 Å². The quantitative estimate of drug-likeness (QED) is 0.546. The monoisotopic (exact) mass is 342 g/mol. The highest BCUT2D eigenvalue weighted by Crippen LogP contribution is 2.24. The van der Waals surface area contributed by atoms with Gasteiger partial charge in [-0.05, 0) is 25.5 Å². The molecule has 1 aromatic carbocycles. The molecule has 5 nitrogen and oxygen atoms in total. The van der Waals surface area contributed by atoms with E-state index in [2.05, 4.69) is 23.4 Å². The summed E-state index contributed by atoms with van der Waals surface area (Å²) in [6.07, 6.45) is 3.43.